The number of likely N-dealkylation sites (tertiary alicyclic amines) is 1. The highest BCUT2D eigenvalue weighted by Crippen LogP contribution is 2.42. The lowest BCUT2D eigenvalue weighted by Crippen LogP contribution is -2.53. The van der Waals surface area contributed by atoms with Gasteiger partial charge in [-0.1, -0.05) is 78.9 Å². The first-order valence-electron chi connectivity index (χ1n) is 13.9. The van der Waals surface area contributed by atoms with Crippen LogP contribution in [-0.4, -0.2) is 61.8 Å². The van der Waals surface area contributed by atoms with Gasteiger partial charge in [0.15, 0.2) is 11.6 Å². The van der Waals surface area contributed by atoms with Gasteiger partial charge in [0.05, 0.1) is 0 Å². The number of piperidine rings is 1. The van der Waals surface area contributed by atoms with Crippen LogP contribution in [-0.2, 0) is 0 Å². The number of nitrogens with one attached hydrogen (secondary N) is 2. The molecule has 0 spiro atoms. The minimum Gasteiger partial charge on any atom is -0.314 e. The molecule has 0 amide bonds. The van der Waals surface area contributed by atoms with Crippen molar-refractivity contribution in [3.8, 4) is 0 Å². The van der Waals surface area contributed by atoms with Crippen LogP contribution in [0.5, 0.6) is 0 Å². The lowest BCUT2D eigenvalue weighted by Gasteiger charge is -2.44. The van der Waals surface area contributed by atoms with Crippen LogP contribution in [0.2, 0.25) is 0 Å². The highest BCUT2D eigenvalue weighted by atomic mass is 16.1. The number of hydrogen-bond acceptors (Lipinski definition) is 5. The number of piperazine rings is 1. The topological polar surface area (TPSA) is 61.4 Å². The van der Waals surface area contributed by atoms with Crippen molar-refractivity contribution in [2.75, 3.05) is 39.3 Å². The lowest BCUT2D eigenvalue weighted by molar-refractivity contribution is 0.0562. The molecule has 0 bridgehead atoms. The number of aryl methyl sites for hydroxylation is 1. The molecular formula is C33H39N3O2. The van der Waals surface area contributed by atoms with Crippen molar-refractivity contribution in [2.24, 2.45) is 11.8 Å². The quantitative estimate of drug-likeness (QED) is 0.433. The van der Waals surface area contributed by atoms with Gasteiger partial charge >= 0.3 is 0 Å². The van der Waals surface area contributed by atoms with Gasteiger partial charge in [0, 0.05) is 67.6 Å². The zero-order valence-corrected chi connectivity index (χ0v) is 22.5. The van der Waals surface area contributed by atoms with Gasteiger partial charge in [0.1, 0.15) is 0 Å². The van der Waals surface area contributed by atoms with Crippen LogP contribution in [0.4, 0.5) is 0 Å². The highest BCUT2D eigenvalue weighted by Gasteiger charge is 2.45. The molecule has 2 fully saturated rings. The SMILES string of the molecule is Cc1cccc([C@@H]2[C@@H](C(=O)c3ccccc3)CN(CCC3CNCCN3)C[C@H]2C(=O)c2ccccc2)c1C. The molecule has 2 aliphatic heterocycles. The third-order valence-corrected chi connectivity index (χ3v) is 8.49. The van der Waals surface area contributed by atoms with Crippen molar-refractivity contribution >= 4 is 11.6 Å². The molecule has 5 nitrogen and oxygen atoms in total. The Morgan fingerprint density at radius 1 is 0.789 bits per heavy atom. The summed E-state index contributed by atoms with van der Waals surface area (Å²) in [4.78, 5) is 30.7. The van der Waals surface area contributed by atoms with Gasteiger partial charge in [-0.25, -0.2) is 0 Å². The van der Waals surface area contributed by atoms with E-state index in [4.69, 9.17) is 0 Å². The molecule has 3 aromatic rings. The number of carbonyl (C=O) groups is 2. The van der Waals surface area contributed by atoms with E-state index in [-0.39, 0.29) is 29.3 Å². The Kier molecular flexibility index (Phi) is 8.48. The smallest absolute Gasteiger partial charge is 0.167 e. The molecule has 198 valence electrons. The van der Waals surface area contributed by atoms with E-state index in [1.807, 2.05) is 60.7 Å². The van der Waals surface area contributed by atoms with E-state index in [1.165, 1.54) is 11.1 Å². The number of rotatable bonds is 8. The Morgan fingerprint density at radius 2 is 1.39 bits per heavy atom. The molecule has 2 heterocycles. The minimum atomic E-state index is -0.304. The number of benzene rings is 3. The summed E-state index contributed by atoms with van der Waals surface area (Å²) in [6, 6.07) is 26.0. The Hall–Kier alpha value is -3.12. The molecule has 0 saturated carbocycles. The molecule has 5 heteroatoms. The first-order chi connectivity index (χ1) is 18.5. The van der Waals surface area contributed by atoms with Gasteiger partial charge in [-0.05, 0) is 43.5 Å². The summed E-state index contributed by atoms with van der Waals surface area (Å²) in [6.07, 6.45) is 0.986. The van der Waals surface area contributed by atoms with E-state index >= 15 is 0 Å². The predicted molar refractivity (Wildman–Crippen MR) is 153 cm³/mol. The van der Waals surface area contributed by atoms with Crippen molar-refractivity contribution < 1.29 is 9.59 Å². The molecule has 2 aliphatic rings. The van der Waals surface area contributed by atoms with Gasteiger partial charge < -0.3 is 15.5 Å². The second-order valence-corrected chi connectivity index (χ2v) is 10.9. The summed E-state index contributed by atoms with van der Waals surface area (Å²) in [6.45, 7) is 9.35. The fourth-order valence-corrected chi connectivity index (χ4v) is 6.27. The van der Waals surface area contributed by atoms with Crippen LogP contribution >= 0.6 is 0 Å². The molecule has 2 N–H and O–H groups in total. The maximum absolute atomic E-state index is 14.2. The number of carbonyl (C=O) groups excluding carboxylic acids is 2. The summed E-state index contributed by atoms with van der Waals surface area (Å²) in [5.41, 5.74) is 4.95. The van der Waals surface area contributed by atoms with Crippen molar-refractivity contribution in [1.82, 2.24) is 15.5 Å². The van der Waals surface area contributed by atoms with E-state index < -0.39 is 0 Å². The van der Waals surface area contributed by atoms with Crippen molar-refractivity contribution in [1.29, 1.82) is 0 Å². The van der Waals surface area contributed by atoms with Gasteiger partial charge in [-0.2, -0.15) is 0 Å². The van der Waals surface area contributed by atoms with E-state index in [0.717, 1.165) is 49.3 Å². The van der Waals surface area contributed by atoms with Gasteiger partial charge in [-0.15, -0.1) is 0 Å². The Balaban J connectivity index is 1.54. The second kappa shape index (κ2) is 12.2. The van der Waals surface area contributed by atoms with Crippen LogP contribution in [0, 0.1) is 25.7 Å². The molecule has 38 heavy (non-hydrogen) atoms. The van der Waals surface area contributed by atoms with Crippen LogP contribution < -0.4 is 10.6 Å². The number of nitrogens with zero attached hydrogens (tertiary/aromatic N) is 1. The van der Waals surface area contributed by atoms with Crippen LogP contribution in [0.15, 0.2) is 78.9 Å². The van der Waals surface area contributed by atoms with Crippen molar-refractivity contribution in [3.63, 3.8) is 0 Å². The Bertz CT molecular complexity index is 1180. The lowest BCUT2D eigenvalue weighted by atomic mass is 9.67. The van der Waals surface area contributed by atoms with Crippen LogP contribution in [0.25, 0.3) is 0 Å². The maximum Gasteiger partial charge on any atom is 0.167 e. The average Bonchev–Trinajstić information content (AvgIpc) is 2.98. The van der Waals surface area contributed by atoms with Crippen LogP contribution in [0.1, 0.15) is 49.7 Å². The van der Waals surface area contributed by atoms with Gasteiger partial charge in [0.25, 0.3) is 0 Å². The zero-order chi connectivity index (χ0) is 26.5. The standard InChI is InChI=1S/C33H39N3O2/c1-23-10-9-15-28(24(23)2)31-29(32(37)25-11-5-3-6-12-25)21-36(19-16-27-20-34-17-18-35-27)22-30(31)33(38)26-13-7-4-8-14-26/h3-15,27,29-31,34-35H,16-22H2,1-2H3/t27?,29-,30+,31+. The molecule has 1 unspecified atom stereocenters. The largest absolute Gasteiger partial charge is 0.314 e. The molecule has 4 atom stereocenters. The van der Waals surface area contributed by atoms with Crippen molar-refractivity contribution in [3.05, 3.63) is 107 Å². The molecule has 5 rings (SSSR count). The van der Waals surface area contributed by atoms with Gasteiger partial charge in [-0.3, -0.25) is 9.59 Å². The Morgan fingerprint density at radius 3 is 1.95 bits per heavy atom. The average molecular weight is 510 g/mol. The van der Waals surface area contributed by atoms with Crippen LogP contribution in [0.3, 0.4) is 0 Å². The van der Waals surface area contributed by atoms with Gasteiger partial charge in [0.2, 0.25) is 0 Å². The normalized spacial score (nSPS) is 24.2. The highest BCUT2D eigenvalue weighted by molar-refractivity contribution is 6.02. The number of ketones is 2. The third-order valence-electron chi connectivity index (χ3n) is 8.49. The zero-order valence-electron chi connectivity index (χ0n) is 22.5. The molecule has 3 aromatic carbocycles. The molecule has 0 aromatic heterocycles. The minimum absolute atomic E-state index is 0.129. The summed E-state index contributed by atoms with van der Waals surface area (Å²) in [5.74, 6) is -0.529. The molecular weight excluding hydrogens is 470 g/mol. The van der Waals surface area contributed by atoms with E-state index in [1.54, 1.807) is 0 Å². The van der Waals surface area contributed by atoms with E-state index in [0.29, 0.717) is 19.1 Å². The summed E-state index contributed by atoms with van der Waals surface area (Å²) >= 11 is 0. The van der Waals surface area contributed by atoms with Crippen molar-refractivity contribution in [2.45, 2.75) is 32.2 Å². The number of hydrogen-bond donors (Lipinski definition) is 2. The molecule has 0 aliphatic carbocycles. The fraction of sp³-hybridized carbons (Fsp3) is 0.394. The fourth-order valence-electron chi connectivity index (χ4n) is 6.27. The summed E-state index contributed by atoms with van der Waals surface area (Å²) in [7, 11) is 0. The first kappa shape index (κ1) is 26.5. The van der Waals surface area contributed by atoms with E-state index in [9.17, 15) is 9.59 Å². The third kappa shape index (κ3) is 5.80. The summed E-state index contributed by atoms with van der Waals surface area (Å²) in [5, 5.41) is 7.07. The van der Waals surface area contributed by atoms with E-state index in [2.05, 4.69) is 47.6 Å². The predicted octanol–water partition coefficient (Wildman–Crippen LogP) is 4.65. The molecule has 0 radical (unpaired) electrons. The second-order valence-electron chi connectivity index (χ2n) is 10.9. The monoisotopic (exact) mass is 509 g/mol. The maximum atomic E-state index is 14.2. The molecule has 2 saturated heterocycles. The Labute approximate surface area is 226 Å². The summed E-state index contributed by atoms with van der Waals surface area (Å²) < 4.78 is 0. The first-order valence-corrected chi connectivity index (χ1v) is 13.9. The number of Topliss-reactive ketones (excluding diaryl/α,β-unsaturated/α-hetero) is 2.